The molecule has 9 rings (SSSR count). The molecule has 0 spiro atoms. The number of fused-ring (bicyclic) bond motifs is 8. The molecule has 1 saturated heterocycles. The van der Waals surface area contributed by atoms with Crippen molar-refractivity contribution in [2.45, 2.75) is 70.9 Å². The molecule has 2 atom stereocenters. The predicted octanol–water partition coefficient (Wildman–Crippen LogP) is 4.83. The summed E-state index contributed by atoms with van der Waals surface area (Å²) < 4.78 is 294. The van der Waals surface area contributed by atoms with Gasteiger partial charge in [-0.15, -0.1) is 39.9 Å². The van der Waals surface area contributed by atoms with Crippen LogP contribution in [0.15, 0.2) is 54.6 Å². The van der Waals surface area contributed by atoms with Crippen molar-refractivity contribution in [2.75, 3.05) is 356 Å². The Kier molecular flexibility index (Phi) is 53.8. The average molecular weight is 2130 g/mol. The van der Waals surface area contributed by atoms with Gasteiger partial charge in [-0.2, -0.15) is 8.42 Å². The molecule has 6 heterocycles. The van der Waals surface area contributed by atoms with Crippen molar-refractivity contribution in [3.63, 3.8) is 0 Å². The minimum absolute atomic E-state index is 0.00744. The highest BCUT2D eigenvalue weighted by molar-refractivity contribution is 8.18. The predicted molar refractivity (Wildman–Crippen MR) is 510 cm³/mol. The number of anilines is 1. The van der Waals surface area contributed by atoms with Crippen LogP contribution in [0.5, 0.6) is 11.5 Å². The molecule has 0 saturated carbocycles. The molecule has 1 aromatic heterocycles. The lowest BCUT2D eigenvalue weighted by atomic mass is 9.76. The summed E-state index contributed by atoms with van der Waals surface area (Å²) in [5.41, 5.74) is -2.19. The number of carbonyl (C=O) groups excluding carboxylic acids is 3. The molecule has 2 amide bonds. The number of carbonyl (C=O) groups is 3. The molecular weight excluding hydrogens is 1990 g/mol. The van der Waals surface area contributed by atoms with E-state index < -0.39 is 114 Å². The van der Waals surface area contributed by atoms with Crippen LogP contribution in [0, 0.1) is 23.4 Å². The lowest BCUT2D eigenvalue weighted by Gasteiger charge is -2.49. The number of ether oxygens (including phenoxy) is 25. The van der Waals surface area contributed by atoms with E-state index in [1.165, 1.54) is 24.3 Å². The first-order valence-electron chi connectivity index (χ1n) is 46.5. The molecule has 0 bridgehead atoms. The molecule has 5 aliphatic heterocycles. The standard InChI is InChI=1S/C91H136F3N5O36S6/c1-90(2)70-61-79(139(103,104)95-11-13-112-19-21-116-27-29-120-35-37-124-43-45-128-51-53-132-57-55-130-49-47-126-41-39-122-33-31-118-25-23-114-17-15-110-7)137-86(70)66-59-68-74(63-72(66)97(90)5)134-75-64-73-67(60-69(75)81(68)82-83(92)88(84(93)85(94)89(82)141(107,108)109)136-65-78(102)135-99-76(100)9-10-77(99)101)87-71(91(3,4)98(73)6)62-80(138-87)140(105,106)96-12-14-113-20-22-117-28-30-121-36-38-125-44-46-129-52-54-133-58-56-131-50-48-127-42-40-123-34-32-119-26-24-115-18-16-111-8/h59-64,70,86,95-96H,9-58,65H2,1-8H3/p+1. The quantitative estimate of drug-likeness (QED) is 0.0117. The zero-order valence-corrected chi connectivity index (χ0v) is 86.2. The molecule has 2 unspecified atom stereocenters. The fourth-order valence-corrected chi connectivity index (χ4v) is 21.9. The Bertz CT molecular complexity index is 5020. The van der Waals surface area contributed by atoms with Gasteiger partial charge in [0.1, 0.15) is 37.7 Å². The van der Waals surface area contributed by atoms with Gasteiger partial charge in [0.2, 0.25) is 25.4 Å². The van der Waals surface area contributed by atoms with E-state index in [0.29, 0.717) is 265 Å². The van der Waals surface area contributed by atoms with Crippen LogP contribution in [0.4, 0.5) is 18.9 Å². The van der Waals surface area contributed by atoms with Crippen LogP contribution in [-0.2, 0) is 169 Å². The number of thioether (sulfide) groups is 2. The molecule has 5 aliphatic rings. The number of imide groups is 1. The summed E-state index contributed by atoms with van der Waals surface area (Å²) in [6.45, 7) is 24.6. The van der Waals surface area contributed by atoms with Crippen molar-refractivity contribution in [3.05, 3.63) is 90.9 Å². The van der Waals surface area contributed by atoms with Crippen LogP contribution >= 0.6 is 34.9 Å². The zero-order chi connectivity index (χ0) is 101. The molecule has 3 aromatic carbocycles. The minimum atomic E-state index is -6.03. The molecule has 798 valence electrons. The molecule has 41 nitrogen and oxygen atoms in total. The Labute approximate surface area is 834 Å². The highest BCUT2D eigenvalue weighted by atomic mass is 32.3. The number of hydrogen-bond donors (Lipinski definition) is 3. The summed E-state index contributed by atoms with van der Waals surface area (Å²) in [6.07, 6.45) is 1.02. The van der Waals surface area contributed by atoms with E-state index in [2.05, 4.69) is 9.44 Å². The summed E-state index contributed by atoms with van der Waals surface area (Å²) >= 11 is 1.84. The summed E-state index contributed by atoms with van der Waals surface area (Å²) in [5.74, 6) is -11.3. The van der Waals surface area contributed by atoms with Gasteiger partial charge in [-0.3, -0.25) is 14.1 Å². The maximum atomic E-state index is 18.4. The SMILES string of the molecule is COCCOCCOCCOCCOCCOCCOCCOCCOCCOCCOCCOCCNS(=O)(=O)C1=CC2C(S1)c1cc3c(cc1N(C)C2(C)C)Oc1cc2c(cc1=C3c1c(F)c(SCC(=O)ON3C(=O)CCC3=O)c(F)c(F)c1S(=O)(=O)O)-c1sc(S(=O)(=O)NCCOCCOCCOCCOCCOCCOCCOCCOCCOCCOCCOCCOC)cc1C(C)(C)[N+]=2C. The van der Waals surface area contributed by atoms with Gasteiger partial charge in [-0.25, -0.2) is 48.8 Å². The summed E-state index contributed by atoms with van der Waals surface area (Å²) in [6, 6.07) is 7.54. The maximum absolute atomic E-state index is 18.4. The monoisotopic (exact) mass is 2120 g/mol. The summed E-state index contributed by atoms with van der Waals surface area (Å²) in [7, 11) is -7.88. The number of nitrogens with one attached hydrogen (secondary N) is 2. The second-order valence-electron chi connectivity index (χ2n) is 32.5. The Balaban J connectivity index is 0.738. The highest BCUT2D eigenvalue weighted by Gasteiger charge is 2.51. The van der Waals surface area contributed by atoms with Gasteiger partial charge in [0.05, 0.1) is 331 Å². The lowest BCUT2D eigenvalue weighted by Crippen LogP contribution is -2.51. The Morgan fingerprint density at radius 1 is 0.482 bits per heavy atom. The molecule has 0 aliphatic carbocycles. The number of benzene rings is 3. The van der Waals surface area contributed by atoms with Crippen LogP contribution in [0.25, 0.3) is 16.0 Å². The topological polar surface area (TPSA) is 447 Å². The van der Waals surface area contributed by atoms with E-state index in [1.807, 2.05) is 37.2 Å². The van der Waals surface area contributed by atoms with E-state index in [4.69, 9.17) is 123 Å². The second kappa shape index (κ2) is 63.8. The van der Waals surface area contributed by atoms with Crippen molar-refractivity contribution >= 4 is 94.1 Å². The molecule has 0 radical (unpaired) electrons. The number of methoxy groups -OCH3 is 2. The van der Waals surface area contributed by atoms with E-state index in [9.17, 15) is 44.2 Å². The molecule has 141 heavy (non-hydrogen) atoms. The van der Waals surface area contributed by atoms with Gasteiger partial charge in [0.15, 0.2) is 17.2 Å². The van der Waals surface area contributed by atoms with Gasteiger partial charge >= 0.3 is 5.97 Å². The van der Waals surface area contributed by atoms with Gasteiger partial charge in [0.25, 0.3) is 21.9 Å². The van der Waals surface area contributed by atoms with Crippen molar-refractivity contribution in [1.29, 1.82) is 0 Å². The van der Waals surface area contributed by atoms with Gasteiger partial charge in [0, 0.05) is 117 Å². The van der Waals surface area contributed by atoms with Crippen molar-refractivity contribution < 1.29 is 181 Å². The number of amides is 2. The molecule has 1 fully saturated rings. The molecule has 3 N–H and O–H groups in total. The first kappa shape index (κ1) is 119. The third-order valence-corrected chi connectivity index (χ3v) is 30.6. The lowest BCUT2D eigenvalue weighted by molar-refractivity contribution is -0.195. The highest BCUT2D eigenvalue weighted by Crippen LogP contribution is 2.61. The van der Waals surface area contributed by atoms with Crippen LogP contribution in [0.3, 0.4) is 0 Å². The van der Waals surface area contributed by atoms with E-state index in [-0.39, 0.29) is 145 Å². The number of nitrogens with zero attached hydrogens (tertiary/aromatic N) is 3. The van der Waals surface area contributed by atoms with Gasteiger partial charge in [-0.1, -0.05) is 6.08 Å². The molecular formula is C91H137F3N5O36S6+. The Morgan fingerprint density at radius 3 is 1.21 bits per heavy atom. The number of rotatable bonds is 82. The zero-order valence-electron chi connectivity index (χ0n) is 81.3. The molecule has 4 aromatic rings. The maximum Gasteiger partial charge on any atom is 0.343 e. The van der Waals surface area contributed by atoms with Crippen LogP contribution in [-0.4, -0.2) is 409 Å². The Hall–Kier alpha value is -5.76. The van der Waals surface area contributed by atoms with E-state index in [0.717, 1.165) is 23.1 Å². The van der Waals surface area contributed by atoms with Crippen LogP contribution in [0.2, 0.25) is 0 Å². The van der Waals surface area contributed by atoms with Crippen molar-refractivity contribution in [1.82, 2.24) is 19.1 Å². The first-order chi connectivity index (χ1) is 68.1. The Morgan fingerprint density at radius 2 is 0.844 bits per heavy atom. The third-order valence-electron chi connectivity index (χ3n) is 22.2. The van der Waals surface area contributed by atoms with E-state index in [1.54, 1.807) is 40.5 Å². The largest absolute Gasteiger partial charge is 0.456 e. The van der Waals surface area contributed by atoms with Crippen molar-refractivity contribution in [2.24, 2.45) is 5.92 Å². The summed E-state index contributed by atoms with van der Waals surface area (Å²) in [5, 5.41) is -0.374. The number of thiophene rings is 1. The van der Waals surface area contributed by atoms with Crippen LogP contribution in [0.1, 0.15) is 68.0 Å². The van der Waals surface area contributed by atoms with Gasteiger partial charge in [-0.05, 0) is 37.6 Å². The van der Waals surface area contributed by atoms with Crippen LogP contribution < -0.4 is 34.2 Å². The second-order valence-corrected chi connectivity index (χ2v) is 41.0. The fraction of sp³-hybridized carbons (Fsp3) is 0.692. The van der Waals surface area contributed by atoms with Crippen molar-refractivity contribution in [3.8, 4) is 21.9 Å². The fourth-order valence-electron chi connectivity index (χ4n) is 14.5. The number of hydroxylamine groups is 2. The average Bonchev–Trinajstić information content (AvgIpc) is 1.69. The number of sulfonamides is 2. The van der Waals surface area contributed by atoms with Gasteiger partial charge < -0.3 is 128 Å². The number of hydrogen-bond acceptors (Lipinski definition) is 39. The number of halogens is 3. The third kappa shape index (κ3) is 38.1. The van der Waals surface area contributed by atoms with E-state index >= 15 is 13.2 Å². The molecule has 50 heteroatoms. The minimum Gasteiger partial charge on any atom is -0.456 e. The normalized spacial score (nSPS) is 16.0. The smallest absolute Gasteiger partial charge is 0.343 e. The first-order valence-corrected chi connectivity index (χ1v) is 53.6. The summed E-state index contributed by atoms with van der Waals surface area (Å²) in [4.78, 5) is 42.2.